The minimum Gasteiger partial charge on any atom is -0.350 e. The molecule has 1 saturated heterocycles. The molecule has 26 heavy (non-hydrogen) atoms. The second-order valence-electron chi connectivity index (χ2n) is 7.59. The van der Waals surface area contributed by atoms with Crippen molar-refractivity contribution >= 4 is 5.91 Å². The number of hydrogen-bond donors (Lipinski definition) is 0. The number of fused-ring (bicyclic) bond motifs is 1. The summed E-state index contributed by atoms with van der Waals surface area (Å²) in [7, 11) is 2.15. The van der Waals surface area contributed by atoms with Gasteiger partial charge in [0.1, 0.15) is 0 Å². The van der Waals surface area contributed by atoms with Crippen LogP contribution in [0.2, 0.25) is 0 Å². The van der Waals surface area contributed by atoms with E-state index < -0.39 is 0 Å². The highest BCUT2D eigenvalue weighted by atomic mass is 16.5. The number of piperidine rings is 1. The van der Waals surface area contributed by atoms with Gasteiger partial charge >= 0.3 is 0 Å². The average molecular weight is 353 g/mol. The number of amides is 1. The first-order valence-electron chi connectivity index (χ1n) is 9.73. The molecule has 1 unspecified atom stereocenters. The molecule has 0 saturated carbocycles. The van der Waals surface area contributed by atoms with Crippen LogP contribution in [0, 0.1) is 0 Å². The van der Waals surface area contributed by atoms with Crippen molar-refractivity contribution in [2.45, 2.75) is 51.1 Å². The maximum Gasteiger partial charge on any atom is 0.292 e. The number of carbonyl (C=O) groups excluding carboxylic acids is 1. The van der Waals surface area contributed by atoms with E-state index in [1.165, 1.54) is 5.56 Å². The first kappa shape index (κ1) is 17.3. The number of likely N-dealkylation sites (N-methyl/N-ethyl adjacent to an activating group) is 1. The van der Waals surface area contributed by atoms with Crippen LogP contribution in [0.3, 0.4) is 0 Å². The van der Waals surface area contributed by atoms with E-state index in [0.29, 0.717) is 11.8 Å². The molecule has 0 spiro atoms. The Morgan fingerprint density at radius 1 is 1.23 bits per heavy atom. The van der Waals surface area contributed by atoms with E-state index in [4.69, 9.17) is 4.52 Å². The quantitative estimate of drug-likeness (QED) is 0.846. The van der Waals surface area contributed by atoms with Crippen molar-refractivity contribution in [1.82, 2.24) is 15.0 Å². The average Bonchev–Trinajstić information content (AvgIpc) is 3.12. The summed E-state index contributed by atoms with van der Waals surface area (Å²) >= 11 is 0. The first-order chi connectivity index (χ1) is 12.7. The molecule has 1 aromatic carbocycles. The minimum atomic E-state index is 0.0264. The lowest BCUT2D eigenvalue weighted by Gasteiger charge is -2.37. The lowest BCUT2D eigenvalue weighted by atomic mass is 9.95. The molecule has 1 amide bonds. The molecular weight excluding hydrogens is 326 g/mol. The molecule has 1 aliphatic heterocycles. The summed E-state index contributed by atoms with van der Waals surface area (Å²) in [6, 6.07) is 10.9. The zero-order chi connectivity index (χ0) is 17.9. The fourth-order valence-electron chi connectivity index (χ4n) is 4.20. The predicted molar refractivity (Wildman–Crippen MR) is 100.0 cm³/mol. The molecule has 2 aromatic rings. The van der Waals surface area contributed by atoms with E-state index in [1.807, 2.05) is 11.0 Å². The molecule has 1 atom stereocenters. The number of aromatic nitrogens is 1. The maximum absolute atomic E-state index is 13.0. The number of aryl methyl sites for hydroxylation is 1. The van der Waals surface area contributed by atoms with Gasteiger partial charge in [0.25, 0.3) is 5.91 Å². The highest BCUT2D eigenvalue weighted by molar-refractivity contribution is 5.93. The van der Waals surface area contributed by atoms with Crippen LogP contribution in [0.1, 0.15) is 53.1 Å². The molecule has 0 bridgehead atoms. The van der Waals surface area contributed by atoms with Crippen LogP contribution in [-0.4, -0.2) is 47.0 Å². The Labute approximate surface area is 155 Å². The fourth-order valence-corrected chi connectivity index (χ4v) is 4.20. The monoisotopic (exact) mass is 353 g/mol. The number of nitrogens with zero attached hydrogens (tertiary/aromatic N) is 3. The van der Waals surface area contributed by atoms with E-state index in [0.717, 1.165) is 69.4 Å². The molecule has 0 radical (unpaired) electrons. The van der Waals surface area contributed by atoms with Crippen LogP contribution in [0.4, 0.5) is 0 Å². The lowest BCUT2D eigenvalue weighted by molar-refractivity contribution is 0.0562. The Kier molecular flexibility index (Phi) is 5.07. The van der Waals surface area contributed by atoms with E-state index in [-0.39, 0.29) is 5.91 Å². The zero-order valence-corrected chi connectivity index (χ0v) is 15.5. The van der Waals surface area contributed by atoms with Crippen LogP contribution < -0.4 is 0 Å². The van der Waals surface area contributed by atoms with Crippen LogP contribution >= 0.6 is 0 Å². The van der Waals surface area contributed by atoms with Gasteiger partial charge in [0, 0.05) is 31.2 Å². The number of rotatable bonds is 4. The van der Waals surface area contributed by atoms with Crippen LogP contribution in [0.15, 0.2) is 34.9 Å². The molecule has 5 heteroatoms. The fraction of sp³-hybridized carbons (Fsp3) is 0.524. The minimum absolute atomic E-state index is 0.0264. The van der Waals surface area contributed by atoms with Gasteiger partial charge in [-0.2, -0.15) is 0 Å². The van der Waals surface area contributed by atoms with Crippen LogP contribution in [-0.2, 0) is 19.4 Å². The topological polar surface area (TPSA) is 49.6 Å². The highest BCUT2D eigenvalue weighted by Crippen LogP contribution is 2.26. The molecule has 1 aliphatic carbocycles. The van der Waals surface area contributed by atoms with Crippen LogP contribution in [0.5, 0.6) is 0 Å². The smallest absolute Gasteiger partial charge is 0.292 e. The van der Waals surface area contributed by atoms with Crippen molar-refractivity contribution in [2.75, 3.05) is 20.1 Å². The Bertz CT molecular complexity index is 756. The Balaban J connectivity index is 1.43. The Hall–Kier alpha value is -2.14. The Morgan fingerprint density at radius 2 is 2.04 bits per heavy atom. The standard InChI is InChI=1S/C21H27N3O2/c1-23(14-16-8-3-2-4-9-16)17-10-7-13-24(15-17)21(25)20-18-11-5-6-12-19(18)22-26-20/h2-4,8-9,17H,5-7,10-15H2,1H3. The first-order valence-corrected chi connectivity index (χ1v) is 9.73. The highest BCUT2D eigenvalue weighted by Gasteiger charge is 2.32. The van der Waals surface area contributed by atoms with Gasteiger partial charge in [-0.25, -0.2) is 0 Å². The summed E-state index contributed by atoms with van der Waals surface area (Å²) in [4.78, 5) is 17.4. The summed E-state index contributed by atoms with van der Waals surface area (Å²) < 4.78 is 5.47. The molecule has 2 heterocycles. The number of hydrogen-bond acceptors (Lipinski definition) is 4. The SMILES string of the molecule is CN(Cc1ccccc1)C1CCCN(C(=O)c2onc3c2CCCC3)C1. The molecule has 1 fully saturated rings. The van der Waals surface area contributed by atoms with Crippen molar-refractivity contribution in [2.24, 2.45) is 0 Å². The Morgan fingerprint density at radius 3 is 2.88 bits per heavy atom. The van der Waals surface area contributed by atoms with Crippen molar-refractivity contribution in [1.29, 1.82) is 0 Å². The van der Waals surface area contributed by atoms with Crippen molar-refractivity contribution in [3.63, 3.8) is 0 Å². The summed E-state index contributed by atoms with van der Waals surface area (Å²) in [5.74, 6) is 0.518. The van der Waals surface area contributed by atoms with E-state index >= 15 is 0 Å². The van der Waals surface area contributed by atoms with Gasteiger partial charge in [-0.1, -0.05) is 35.5 Å². The lowest BCUT2D eigenvalue weighted by Crippen LogP contribution is -2.48. The van der Waals surface area contributed by atoms with Crippen molar-refractivity contribution in [3.05, 3.63) is 52.9 Å². The molecule has 4 rings (SSSR count). The molecule has 0 N–H and O–H groups in total. The number of benzene rings is 1. The molecular formula is C21H27N3O2. The predicted octanol–water partition coefficient (Wildman–Crippen LogP) is 3.29. The van der Waals surface area contributed by atoms with Gasteiger partial charge in [0.15, 0.2) is 0 Å². The van der Waals surface area contributed by atoms with Gasteiger partial charge < -0.3 is 9.42 Å². The second kappa shape index (κ2) is 7.62. The van der Waals surface area contributed by atoms with Crippen molar-refractivity contribution < 1.29 is 9.32 Å². The third-order valence-electron chi connectivity index (χ3n) is 5.74. The second-order valence-corrected chi connectivity index (χ2v) is 7.59. The van der Waals surface area contributed by atoms with Crippen LogP contribution in [0.25, 0.3) is 0 Å². The number of carbonyl (C=O) groups is 1. The van der Waals surface area contributed by atoms with Gasteiger partial charge in [-0.3, -0.25) is 9.69 Å². The van der Waals surface area contributed by atoms with Crippen molar-refractivity contribution in [3.8, 4) is 0 Å². The van der Waals surface area contributed by atoms with Gasteiger partial charge in [-0.15, -0.1) is 0 Å². The summed E-state index contributed by atoms with van der Waals surface area (Å²) in [6.45, 7) is 2.48. The third-order valence-corrected chi connectivity index (χ3v) is 5.74. The third kappa shape index (κ3) is 3.54. The largest absolute Gasteiger partial charge is 0.350 e. The number of likely N-dealkylation sites (tertiary alicyclic amines) is 1. The van der Waals surface area contributed by atoms with Gasteiger partial charge in [0.2, 0.25) is 5.76 Å². The molecule has 2 aliphatic rings. The molecule has 1 aromatic heterocycles. The van der Waals surface area contributed by atoms with E-state index in [9.17, 15) is 4.79 Å². The van der Waals surface area contributed by atoms with E-state index in [2.05, 4.69) is 41.4 Å². The van der Waals surface area contributed by atoms with Gasteiger partial charge in [-0.05, 0) is 51.1 Å². The zero-order valence-electron chi connectivity index (χ0n) is 15.5. The van der Waals surface area contributed by atoms with Gasteiger partial charge in [0.05, 0.1) is 5.69 Å². The molecule has 138 valence electrons. The summed E-state index contributed by atoms with van der Waals surface area (Å²) in [6.07, 6.45) is 6.29. The van der Waals surface area contributed by atoms with E-state index in [1.54, 1.807) is 0 Å². The normalized spacial score (nSPS) is 20.2. The summed E-state index contributed by atoms with van der Waals surface area (Å²) in [5.41, 5.74) is 3.36. The summed E-state index contributed by atoms with van der Waals surface area (Å²) in [5, 5.41) is 4.15. The maximum atomic E-state index is 13.0. The molecule has 5 nitrogen and oxygen atoms in total.